The SMILES string of the molecule is COc1ccccc1-c1noc(COC(=O)c2ccc(SC(F)(F)F)cc2)n1. The van der Waals surface area contributed by atoms with E-state index in [0.717, 1.165) is 0 Å². The van der Waals surface area contributed by atoms with Crippen LogP contribution in [0.5, 0.6) is 5.75 Å². The standard InChI is InChI=1S/C18H13F3N2O4S/c1-25-14-5-3-2-4-13(14)16-22-15(27-23-16)10-26-17(24)11-6-8-12(9-7-11)28-18(19,20)21/h2-9H,10H2,1H3. The summed E-state index contributed by atoms with van der Waals surface area (Å²) in [6.07, 6.45) is 0. The fraction of sp³-hybridized carbons (Fsp3) is 0.167. The van der Waals surface area contributed by atoms with Crippen LogP contribution in [-0.4, -0.2) is 28.7 Å². The van der Waals surface area contributed by atoms with E-state index in [1.54, 1.807) is 24.3 Å². The van der Waals surface area contributed by atoms with Crippen LogP contribution < -0.4 is 4.74 Å². The van der Waals surface area contributed by atoms with Gasteiger partial charge in [0.2, 0.25) is 5.82 Å². The third-order valence-electron chi connectivity index (χ3n) is 3.47. The Morgan fingerprint density at radius 1 is 1.14 bits per heavy atom. The zero-order chi connectivity index (χ0) is 20.1. The number of methoxy groups -OCH3 is 1. The molecule has 146 valence electrons. The van der Waals surface area contributed by atoms with Crippen molar-refractivity contribution in [3.05, 3.63) is 60.0 Å². The molecule has 0 saturated heterocycles. The Morgan fingerprint density at radius 3 is 2.54 bits per heavy atom. The van der Waals surface area contributed by atoms with Crippen molar-refractivity contribution >= 4 is 17.7 Å². The second-order valence-corrected chi connectivity index (χ2v) is 6.50. The number of aromatic nitrogens is 2. The van der Waals surface area contributed by atoms with Crippen LogP contribution >= 0.6 is 11.8 Å². The van der Waals surface area contributed by atoms with Gasteiger partial charge in [-0.2, -0.15) is 18.2 Å². The Kier molecular flexibility index (Phi) is 5.88. The number of nitrogens with zero attached hydrogens (tertiary/aromatic N) is 2. The van der Waals surface area contributed by atoms with Gasteiger partial charge in [-0.05, 0) is 48.2 Å². The van der Waals surface area contributed by atoms with Crippen molar-refractivity contribution in [3.63, 3.8) is 0 Å². The monoisotopic (exact) mass is 410 g/mol. The van der Waals surface area contributed by atoms with E-state index in [4.69, 9.17) is 14.0 Å². The first-order valence-electron chi connectivity index (χ1n) is 7.84. The van der Waals surface area contributed by atoms with Crippen molar-refractivity contribution in [1.29, 1.82) is 0 Å². The molecule has 1 heterocycles. The second kappa shape index (κ2) is 8.34. The van der Waals surface area contributed by atoms with E-state index in [1.807, 2.05) is 0 Å². The van der Waals surface area contributed by atoms with Crippen LogP contribution in [0.1, 0.15) is 16.2 Å². The number of benzene rings is 2. The summed E-state index contributed by atoms with van der Waals surface area (Å²) < 4.78 is 52.3. The molecule has 0 aliphatic heterocycles. The normalized spacial score (nSPS) is 11.3. The molecule has 0 fully saturated rings. The van der Waals surface area contributed by atoms with Gasteiger partial charge in [0.05, 0.1) is 18.2 Å². The van der Waals surface area contributed by atoms with Crippen molar-refractivity contribution in [3.8, 4) is 17.1 Å². The molecular weight excluding hydrogens is 397 g/mol. The lowest BCUT2D eigenvalue weighted by atomic mass is 10.2. The molecule has 0 unspecified atom stereocenters. The minimum Gasteiger partial charge on any atom is -0.496 e. The van der Waals surface area contributed by atoms with Crippen molar-refractivity contribution in [2.45, 2.75) is 17.0 Å². The van der Waals surface area contributed by atoms with Crippen LogP contribution in [0.4, 0.5) is 13.2 Å². The van der Waals surface area contributed by atoms with E-state index in [2.05, 4.69) is 10.1 Å². The molecule has 6 nitrogen and oxygen atoms in total. The van der Waals surface area contributed by atoms with Crippen LogP contribution in [-0.2, 0) is 11.3 Å². The Bertz CT molecular complexity index is 958. The van der Waals surface area contributed by atoms with Gasteiger partial charge >= 0.3 is 11.5 Å². The predicted molar refractivity (Wildman–Crippen MR) is 93.8 cm³/mol. The fourth-order valence-electron chi connectivity index (χ4n) is 2.26. The predicted octanol–water partition coefficient (Wildman–Crippen LogP) is 4.71. The fourth-order valence-corrected chi connectivity index (χ4v) is 2.79. The maximum absolute atomic E-state index is 12.3. The topological polar surface area (TPSA) is 74.5 Å². The van der Waals surface area contributed by atoms with Gasteiger partial charge < -0.3 is 14.0 Å². The van der Waals surface area contributed by atoms with Gasteiger partial charge in [0.1, 0.15) is 5.75 Å². The van der Waals surface area contributed by atoms with E-state index < -0.39 is 11.5 Å². The molecular formula is C18H13F3N2O4S. The smallest absolute Gasteiger partial charge is 0.446 e. The quantitative estimate of drug-likeness (QED) is 0.430. The van der Waals surface area contributed by atoms with Crippen molar-refractivity contribution in [2.24, 2.45) is 0 Å². The lowest BCUT2D eigenvalue weighted by molar-refractivity contribution is -0.0328. The Labute approximate surface area is 161 Å². The van der Waals surface area contributed by atoms with Gasteiger partial charge in [-0.3, -0.25) is 0 Å². The van der Waals surface area contributed by atoms with Gasteiger partial charge in [0, 0.05) is 4.90 Å². The number of para-hydroxylation sites is 1. The number of hydrogen-bond donors (Lipinski definition) is 0. The molecule has 1 aromatic heterocycles. The number of rotatable bonds is 6. The number of esters is 1. The zero-order valence-corrected chi connectivity index (χ0v) is 15.2. The molecule has 28 heavy (non-hydrogen) atoms. The average Bonchev–Trinajstić information content (AvgIpc) is 3.14. The molecule has 3 aromatic rings. The first-order chi connectivity index (χ1) is 13.4. The molecule has 0 amide bonds. The highest BCUT2D eigenvalue weighted by Crippen LogP contribution is 2.36. The minimum atomic E-state index is -4.39. The van der Waals surface area contributed by atoms with E-state index >= 15 is 0 Å². The van der Waals surface area contributed by atoms with Gasteiger partial charge in [-0.1, -0.05) is 17.3 Å². The molecule has 2 aromatic carbocycles. The van der Waals surface area contributed by atoms with Crippen LogP contribution in [0.2, 0.25) is 0 Å². The molecule has 0 radical (unpaired) electrons. The highest BCUT2D eigenvalue weighted by molar-refractivity contribution is 8.00. The summed E-state index contributed by atoms with van der Waals surface area (Å²) in [5.41, 5.74) is -3.67. The first-order valence-corrected chi connectivity index (χ1v) is 8.66. The third-order valence-corrected chi connectivity index (χ3v) is 4.21. The van der Waals surface area contributed by atoms with Crippen molar-refractivity contribution in [1.82, 2.24) is 10.1 Å². The summed E-state index contributed by atoms with van der Waals surface area (Å²) in [7, 11) is 1.51. The van der Waals surface area contributed by atoms with Crippen molar-refractivity contribution in [2.75, 3.05) is 7.11 Å². The van der Waals surface area contributed by atoms with Gasteiger partial charge in [0.15, 0.2) is 6.61 Å². The van der Waals surface area contributed by atoms with Crippen LogP contribution in [0.25, 0.3) is 11.4 Å². The van der Waals surface area contributed by atoms with Gasteiger partial charge in [0.25, 0.3) is 5.89 Å². The minimum absolute atomic E-state index is 0.0256. The maximum atomic E-state index is 12.3. The number of halogens is 3. The summed E-state index contributed by atoms with van der Waals surface area (Å²) in [5.74, 6) is 0.180. The lowest BCUT2D eigenvalue weighted by Gasteiger charge is -2.06. The van der Waals surface area contributed by atoms with Crippen molar-refractivity contribution < 1.29 is 32.0 Å². The number of ether oxygens (including phenoxy) is 2. The number of alkyl halides is 3. The van der Waals surface area contributed by atoms with Gasteiger partial charge in [-0.25, -0.2) is 4.79 Å². The zero-order valence-electron chi connectivity index (χ0n) is 14.4. The van der Waals surface area contributed by atoms with Crippen LogP contribution in [0.15, 0.2) is 57.9 Å². The first kappa shape index (κ1) is 19.7. The van der Waals surface area contributed by atoms with E-state index in [1.165, 1.54) is 31.4 Å². The molecule has 3 rings (SSSR count). The molecule has 0 spiro atoms. The number of carbonyl (C=O) groups excluding carboxylic acids is 1. The summed E-state index contributed by atoms with van der Waals surface area (Å²) in [4.78, 5) is 16.2. The third kappa shape index (κ3) is 5.03. The lowest BCUT2D eigenvalue weighted by Crippen LogP contribution is -2.05. The van der Waals surface area contributed by atoms with E-state index in [9.17, 15) is 18.0 Å². The van der Waals surface area contributed by atoms with Crippen LogP contribution in [0.3, 0.4) is 0 Å². The molecule has 0 aliphatic carbocycles. The van der Waals surface area contributed by atoms with E-state index in [-0.39, 0.29) is 40.5 Å². The Balaban J connectivity index is 1.62. The molecule has 0 saturated carbocycles. The largest absolute Gasteiger partial charge is 0.496 e. The molecule has 0 atom stereocenters. The maximum Gasteiger partial charge on any atom is 0.446 e. The molecule has 0 bridgehead atoms. The van der Waals surface area contributed by atoms with E-state index in [0.29, 0.717) is 11.3 Å². The highest BCUT2D eigenvalue weighted by atomic mass is 32.2. The number of thioether (sulfide) groups is 1. The van der Waals surface area contributed by atoms with Gasteiger partial charge in [-0.15, -0.1) is 0 Å². The average molecular weight is 410 g/mol. The summed E-state index contributed by atoms with van der Waals surface area (Å²) in [6, 6.07) is 12.0. The molecule has 0 aliphatic rings. The summed E-state index contributed by atoms with van der Waals surface area (Å²) in [5, 5.41) is 3.82. The Morgan fingerprint density at radius 2 is 1.86 bits per heavy atom. The Hall–Kier alpha value is -3.01. The second-order valence-electron chi connectivity index (χ2n) is 5.36. The van der Waals surface area contributed by atoms with Crippen LogP contribution in [0, 0.1) is 0 Å². The number of hydrogen-bond acceptors (Lipinski definition) is 7. The summed E-state index contributed by atoms with van der Waals surface area (Å²) >= 11 is -0.261. The molecule has 0 N–H and O–H groups in total. The number of carbonyl (C=O) groups is 1. The molecule has 10 heteroatoms. The summed E-state index contributed by atoms with van der Waals surface area (Å²) in [6.45, 7) is -0.278. The highest BCUT2D eigenvalue weighted by Gasteiger charge is 2.29.